The molecule has 1 fully saturated rings. The summed E-state index contributed by atoms with van der Waals surface area (Å²) < 4.78 is 5.65. The summed E-state index contributed by atoms with van der Waals surface area (Å²) >= 11 is 0. The Morgan fingerprint density at radius 1 is 1.28 bits per heavy atom. The molecule has 8 heteroatoms. The van der Waals surface area contributed by atoms with Gasteiger partial charge in [-0.3, -0.25) is 19.7 Å². The highest BCUT2D eigenvalue weighted by Crippen LogP contribution is 2.30. The second kappa shape index (κ2) is 9.07. The van der Waals surface area contributed by atoms with Crippen LogP contribution in [0.25, 0.3) is 0 Å². The van der Waals surface area contributed by atoms with Crippen molar-refractivity contribution in [3.8, 4) is 5.75 Å². The Morgan fingerprint density at radius 2 is 2.07 bits per heavy atom. The van der Waals surface area contributed by atoms with Crippen molar-refractivity contribution in [2.24, 2.45) is 0 Å². The fraction of sp³-hybridized carbons (Fsp3) is 0.524. The first-order valence-electron chi connectivity index (χ1n) is 10.1. The second-order valence-corrected chi connectivity index (χ2v) is 7.51. The number of piperidine rings is 1. The van der Waals surface area contributed by atoms with E-state index in [2.05, 4.69) is 12.2 Å². The second-order valence-electron chi connectivity index (χ2n) is 7.51. The minimum Gasteiger partial charge on any atom is -0.479 e. The molecule has 29 heavy (non-hydrogen) atoms. The number of carbonyl (C=O) groups excluding carboxylic acids is 3. The third-order valence-corrected chi connectivity index (χ3v) is 5.37. The zero-order valence-electron chi connectivity index (χ0n) is 16.5. The van der Waals surface area contributed by atoms with Crippen LogP contribution in [0, 0.1) is 0 Å². The van der Waals surface area contributed by atoms with Crippen LogP contribution in [0.1, 0.15) is 67.8 Å². The molecule has 0 spiro atoms. The number of unbranched alkanes of at least 4 members (excludes halogenated alkanes) is 3. The number of ether oxygens (including phenoxy) is 1. The Balaban J connectivity index is 1.68. The number of amides is 3. The number of fused-ring (bicyclic) bond motifs is 1. The van der Waals surface area contributed by atoms with Crippen molar-refractivity contribution in [2.75, 3.05) is 0 Å². The van der Waals surface area contributed by atoms with Crippen LogP contribution in [0.3, 0.4) is 0 Å². The molecule has 1 aromatic carbocycles. The summed E-state index contributed by atoms with van der Waals surface area (Å²) in [6.45, 7) is 2.37. The lowest BCUT2D eigenvalue weighted by Crippen LogP contribution is -2.52. The van der Waals surface area contributed by atoms with Crippen molar-refractivity contribution >= 4 is 23.7 Å². The Bertz CT molecular complexity index is 821. The van der Waals surface area contributed by atoms with Gasteiger partial charge in [-0.1, -0.05) is 32.3 Å². The van der Waals surface area contributed by atoms with Crippen molar-refractivity contribution in [3.05, 3.63) is 29.3 Å². The molecule has 2 aliphatic heterocycles. The van der Waals surface area contributed by atoms with Gasteiger partial charge in [0, 0.05) is 18.5 Å². The third-order valence-electron chi connectivity index (χ3n) is 5.37. The number of imide groups is 1. The third kappa shape index (κ3) is 4.75. The number of rotatable bonds is 9. The lowest BCUT2D eigenvalue weighted by molar-refractivity contribution is -0.145. The average molecular weight is 402 g/mol. The lowest BCUT2D eigenvalue weighted by atomic mass is 10.0. The number of carbonyl (C=O) groups is 4. The molecule has 2 heterocycles. The van der Waals surface area contributed by atoms with E-state index in [0.717, 1.165) is 31.2 Å². The zero-order chi connectivity index (χ0) is 21.0. The minimum absolute atomic E-state index is 0.198. The summed E-state index contributed by atoms with van der Waals surface area (Å²) in [5, 5.41) is 11.7. The molecule has 2 N–H and O–H groups in total. The van der Waals surface area contributed by atoms with Gasteiger partial charge in [0.1, 0.15) is 11.8 Å². The minimum atomic E-state index is -1.03. The predicted molar refractivity (Wildman–Crippen MR) is 103 cm³/mol. The normalized spacial score (nSPS) is 19.7. The van der Waals surface area contributed by atoms with Crippen LogP contribution in [0.5, 0.6) is 5.75 Å². The van der Waals surface area contributed by atoms with Gasteiger partial charge in [-0.15, -0.1) is 0 Å². The summed E-state index contributed by atoms with van der Waals surface area (Å²) in [5.74, 6) is -1.81. The maximum Gasteiger partial charge on any atom is 0.344 e. The topological polar surface area (TPSA) is 113 Å². The molecule has 0 aliphatic carbocycles. The van der Waals surface area contributed by atoms with Crippen LogP contribution < -0.4 is 10.1 Å². The Morgan fingerprint density at radius 3 is 2.76 bits per heavy atom. The van der Waals surface area contributed by atoms with Gasteiger partial charge < -0.3 is 14.7 Å². The fourth-order valence-corrected chi connectivity index (χ4v) is 3.76. The molecule has 2 aliphatic rings. The van der Waals surface area contributed by atoms with Crippen LogP contribution in [0.2, 0.25) is 0 Å². The van der Waals surface area contributed by atoms with E-state index >= 15 is 0 Å². The molecule has 0 aromatic heterocycles. The van der Waals surface area contributed by atoms with E-state index in [-0.39, 0.29) is 24.8 Å². The van der Waals surface area contributed by atoms with Gasteiger partial charge in [-0.05, 0) is 37.0 Å². The first-order valence-corrected chi connectivity index (χ1v) is 10.1. The van der Waals surface area contributed by atoms with Crippen LogP contribution in [0.4, 0.5) is 0 Å². The number of hydrogen-bond acceptors (Lipinski definition) is 5. The number of nitrogens with one attached hydrogen (secondary N) is 1. The first-order chi connectivity index (χ1) is 13.9. The van der Waals surface area contributed by atoms with Crippen molar-refractivity contribution < 1.29 is 29.0 Å². The van der Waals surface area contributed by atoms with Crippen LogP contribution in [-0.4, -0.2) is 45.8 Å². The van der Waals surface area contributed by atoms with Crippen LogP contribution in [-0.2, 0) is 20.9 Å². The van der Waals surface area contributed by atoms with Gasteiger partial charge in [-0.2, -0.15) is 0 Å². The SMILES string of the molecule is CCCCCCC(Oc1ccc2c(c1)C(=O)N(C1CCC(=O)NC1=O)C2)C(=O)O. The highest BCUT2D eigenvalue weighted by Gasteiger charge is 2.39. The van der Waals surface area contributed by atoms with E-state index in [9.17, 15) is 24.3 Å². The number of aliphatic carboxylic acids is 1. The quantitative estimate of drug-likeness (QED) is 0.484. The number of benzene rings is 1. The summed E-state index contributed by atoms with van der Waals surface area (Å²) in [7, 11) is 0. The molecule has 0 radical (unpaired) electrons. The van der Waals surface area contributed by atoms with E-state index in [1.54, 1.807) is 18.2 Å². The van der Waals surface area contributed by atoms with Crippen molar-refractivity contribution in [3.63, 3.8) is 0 Å². The average Bonchev–Trinajstić information content (AvgIpc) is 3.00. The van der Waals surface area contributed by atoms with Gasteiger partial charge in [0.2, 0.25) is 11.8 Å². The number of carboxylic acid groups (broad SMARTS) is 1. The largest absolute Gasteiger partial charge is 0.479 e. The van der Waals surface area contributed by atoms with Crippen LogP contribution >= 0.6 is 0 Å². The molecular formula is C21H26N2O6. The lowest BCUT2D eigenvalue weighted by Gasteiger charge is -2.29. The number of carboxylic acids is 1. The number of nitrogens with zero attached hydrogens (tertiary/aromatic N) is 1. The molecule has 2 unspecified atom stereocenters. The first kappa shape index (κ1) is 20.8. The molecule has 0 bridgehead atoms. The molecule has 3 amide bonds. The highest BCUT2D eigenvalue weighted by atomic mass is 16.5. The Kier molecular flexibility index (Phi) is 6.51. The molecular weight excluding hydrogens is 376 g/mol. The molecule has 1 saturated heterocycles. The maximum absolute atomic E-state index is 12.8. The molecule has 156 valence electrons. The molecule has 8 nitrogen and oxygen atoms in total. The van der Waals surface area contributed by atoms with Crippen molar-refractivity contribution in [2.45, 2.75) is 70.6 Å². The standard InChI is InChI=1S/C21H26N2O6/c1-2-3-4-5-6-17(21(27)28)29-14-8-7-13-12-23(20(26)15(13)11-14)16-9-10-18(24)22-19(16)25/h7-8,11,16-17H,2-6,9-10,12H2,1H3,(H,27,28)(H,22,24,25). The summed E-state index contributed by atoms with van der Waals surface area (Å²) in [6.07, 6.45) is 3.77. The monoisotopic (exact) mass is 402 g/mol. The molecule has 1 aromatic rings. The van der Waals surface area contributed by atoms with E-state index in [1.165, 1.54) is 4.90 Å². The molecule has 3 rings (SSSR count). The van der Waals surface area contributed by atoms with E-state index in [0.29, 0.717) is 24.2 Å². The summed E-state index contributed by atoms with van der Waals surface area (Å²) in [4.78, 5) is 49.3. The van der Waals surface area contributed by atoms with Gasteiger partial charge in [0.25, 0.3) is 5.91 Å². The van der Waals surface area contributed by atoms with E-state index in [4.69, 9.17) is 4.74 Å². The zero-order valence-corrected chi connectivity index (χ0v) is 16.5. The number of hydrogen-bond donors (Lipinski definition) is 2. The molecule has 0 saturated carbocycles. The van der Waals surface area contributed by atoms with Gasteiger partial charge >= 0.3 is 5.97 Å². The van der Waals surface area contributed by atoms with Gasteiger partial charge in [0.05, 0.1) is 0 Å². The van der Waals surface area contributed by atoms with Gasteiger partial charge in [-0.25, -0.2) is 4.79 Å². The van der Waals surface area contributed by atoms with Crippen molar-refractivity contribution in [1.29, 1.82) is 0 Å². The van der Waals surface area contributed by atoms with E-state index < -0.39 is 24.0 Å². The summed E-state index contributed by atoms with van der Waals surface area (Å²) in [6, 6.07) is 4.25. The molecule has 2 atom stereocenters. The predicted octanol–water partition coefficient (Wildman–Crippen LogP) is 2.25. The Hall–Kier alpha value is -2.90. The fourth-order valence-electron chi connectivity index (χ4n) is 3.76. The van der Waals surface area contributed by atoms with Crippen LogP contribution in [0.15, 0.2) is 18.2 Å². The van der Waals surface area contributed by atoms with Crippen molar-refractivity contribution in [1.82, 2.24) is 10.2 Å². The summed E-state index contributed by atoms with van der Waals surface area (Å²) in [5.41, 5.74) is 1.16. The highest BCUT2D eigenvalue weighted by molar-refractivity contribution is 6.05. The Labute approximate surface area is 169 Å². The maximum atomic E-state index is 12.8. The van der Waals surface area contributed by atoms with Gasteiger partial charge in [0.15, 0.2) is 6.10 Å². The van der Waals surface area contributed by atoms with E-state index in [1.807, 2.05) is 0 Å². The smallest absolute Gasteiger partial charge is 0.344 e.